The van der Waals surface area contributed by atoms with E-state index in [0.29, 0.717) is 23.1 Å². The number of hydrogen-bond acceptors (Lipinski definition) is 4. The number of carbonyl (C=O) groups excluding carboxylic acids is 1. The summed E-state index contributed by atoms with van der Waals surface area (Å²) in [5.74, 6) is 1.74. The fourth-order valence-electron chi connectivity index (χ4n) is 3.23. The number of benzene rings is 2. The van der Waals surface area contributed by atoms with E-state index in [9.17, 15) is 9.00 Å². The topological polar surface area (TPSA) is 73.2 Å². The van der Waals surface area contributed by atoms with Crippen LogP contribution < -0.4 is 10.1 Å². The van der Waals surface area contributed by atoms with E-state index in [1.807, 2.05) is 50.2 Å². The van der Waals surface area contributed by atoms with Crippen molar-refractivity contribution in [3.63, 3.8) is 0 Å². The number of fused-ring (bicyclic) bond motifs is 1. The van der Waals surface area contributed by atoms with Crippen LogP contribution in [0.5, 0.6) is 5.75 Å². The Bertz CT molecular complexity index is 1060. The maximum atomic E-state index is 12.5. The SMILES string of the molecule is Cc1cccc(-n2nc3c(c2NC(=O)COc2ccccc2)C[S@@](=O)C3)c1C. The van der Waals surface area contributed by atoms with Crippen molar-refractivity contribution in [3.05, 3.63) is 70.9 Å². The van der Waals surface area contributed by atoms with Crippen LogP contribution in [0.4, 0.5) is 5.82 Å². The smallest absolute Gasteiger partial charge is 0.263 e. The molecule has 1 aliphatic heterocycles. The van der Waals surface area contributed by atoms with Gasteiger partial charge in [0.15, 0.2) is 6.61 Å². The number of nitrogens with one attached hydrogen (secondary N) is 1. The summed E-state index contributed by atoms with van der Waals surface area (Å²) < 4.78 is 19.3. The summed E-state index contributed by atoms with van der Waals surface area (Å²) in [5, 5.41) is 7.58. The molecule has 144 valence electrons. The van der Waals surface area contributed by atoms with Gasteiger partial charge in [-0.2, -0.15) is 5.10 Å². The van der Waals surface area contributed by atoms with Crippen LogP contribution in [0.1, 0.15) is 22.4 Å². The maximum Gasteiger partial charge on any atom is 0.263 e. The first-order valence-corrected chi connectivity index (χ1v) is 10.5. The predicted molar refractivity (Wildman–Crippen MR) is 109 cm³/mol. The second-order valence-corrected chi connectivity index (χ2v) is 8.24. The van der Waals surface area contributed by atoms with Crippen LogP contribution in [0.2, 0.25) is 0 Å². The van der Waals surface area contributed by atoms with Crippen LogP contribution >= 0.6 is 0 Å². The minimum Gasteiger partial charge on any atom is -0.484 e. The van der Waals surface area contributed by atoms with Crippen molar-refractivity contribution < 1.29 is 13.7 Å². The average Bonchev–Trinajstić information content (AvgIpc) is 3.20. The molecule has 1 aromatic heterocycles. The second-order valence-electron chi connectivity index (χ2n) is 6.78. The number of nitrogens with zero attached hydrogens (tertiary/aromatic N) is 2. The van der Waals surface area contributed by atoms with Crippen molar-refractivity contribution >= 4 is 22.5 Å². The van der Waals surface area contributed by atoms with E-state index in [4.69, 9.17) is 4.74 Å². The molecule has 28 heavy (non-hydrogen) atoms. The van der Waals surface area contributed by atoms with E-state index in [1.165, 1.54) is 0 Å². The second kappa shape index (κ2) is 7.59. The zero-order valence-corrected chi connectivity index (χ0v) is 16.6. The number of aromatic nitrogens is 2. The van der Waals surface area contributed by atoms with Crippen LogP contribution in [0.25, 0.3) is 5.69 Å². The molecule has 0 saturated heterocycles. The number of hydrogen-bond donors (Lipinski definition) is 1. The highest BCUT2D eigenvalue weighted by molar-refractivity contribution is 7.83. The summed E-state index contributed by atoms with van der Waals surface area (Å²) in [6, 6.07) is 15.2. The molecule has 7 heteroatoms. The Morgan fingerprint density at radius 3 is 2.71 bits per heavy atom. The molecule has 0 unspecified atom stereocenters. The molecule has 4 rings (SSSR count). The lowest BCUT2D eigenvalue weighted by molar-refractivity contribution is -0.118. The molecule has 0 aliphatic carbocycles. The summed E-state index contributed by atoms with van der Waals surface area (Å²) in [4.78, 5) is 12.5. The minimum atomic E-state index is -0.980. The molecule has 0 spiro atoms. The molecule has 2 aromatic carbocycles. The van der Waals surface area contributed by atoms with Crippen molar-refractivity contribution in [1.82, 2.24) is 9.78 Å². The van der Waals surface area contributed by atoms with Crippen molar-refractivity contribution in [2.24, 2.45) is 0 Å². The van der Waals surface area contributed by atoms with Crippen molar-refractivity contribution in [2.75, 3.05) is 11.9 Å². The van der Waals surface area contributed by atoms with Crippen LogP contribution in [0.15, 0.2) is 48.5 Å². The standard InChI is InChI=1S/C21H21N3O3S/c1-14-7-6-10-19(15(14)2)24-21(17-12-28(26)13-18(17)23-24)22-20(25)11-27-16-8-4-3-5-9-16/h3-10H,11-13H2,1-2H3,(H,22,25)/t28-/m1/s1. The predicted octanol–water partition coefficient (Wildman–Crippen LogP) is 3.27. The molecule has 0 fully saturated rings. The number of ether oxygens (including phenoxy) is 1. The summed E-state index contributed by atoms with van der Waals surface area (Å²) in [7, 11) is -0.980. The number of rotatable bonds is 5. The van der Waals surface area contributed by atoms with Gasteiger partial charge in [-0.3, -0.25) is 9.00 Å². The molecule has 0 bridgehead atoms. The fourth-order valence-corrected chi connectivity index (χ4v) is 4.49. The lowest BCUT2D eigenvalue weighted by atomic mass is 10.1. The highest BCUT2D eigenvalue weighted by Gasteiger charge is 2.28. The van der Waals surface area contributed by atoms with Gasteiger partial charge >= 0.3 is 0 Å². The first kappa shape index (κ1) is 18.4. The van der Waals surface area contributed by atoms with Gasteiger partial charge in [0.05, 0.1) is 22.9 Å². The molecule has 6 nitrogen and oxygen atoms in total. The Labute approximate surface area is 166 Å². The molecule has 1 N–H and O–H groups in total. The van der Waals surface area contributed by atoms with Crippen LogP contribution in [0, 0.1) is 13.8 Å². The Morgan fingerprint density at radius 2 is 1.93 bits per heavy atom. The number of para-hydroxylation sites is 1. The number of anilines is 1. The third-order valence-corrected chi connectivity index (χ3v) is 6.05. The molecular formula is C21H21N3O3S. The number of amides is 1. The molecular weight excluding hydrogens is 374 g/mol. The zero-order chi connectivity index (χ0) is 19.7. The lowest BCUT2D eigenvalue weighted by Gasteiger charge is -2.14. The maximum absolute atomic E-state index is 12.5. The summed E-state index contributed by atoms with van der Waals surface area (Å²) >= 11 is 0. The van der Waals surface area contributed by atoms with Crippen molar-refractivity contribution in [3.8, 4) is 11.4 Å². The van der Waals surface area contributed by atoms with E-state index in [-0.39, 0.29) is 12.5 Å². The molecule has 1 atom stereocenters. The van der Waals surface area contributed by atoms with Gasteiger partial charge in [0, 0.05) is 16.4 Å². The van der Waals surface area contributed by atoms with E-state index >= 15 is 0 Å². The third kappa shape index (κ3) is 3.57. The van der Waals surface area contributed by atoms with E-state index in [0.717, 1.165) is 28.1 Å². The van der Waals surface area contributed by atoms with E-state index in [1.54, 1.807) is 16.8 Å². The normalized spacial score (nSPS) is 15.3. The van der Waals surface area contributed by atoms with Crippen molar-refractivity contribution in [2.45, 2.75) is 25.4 Å². The number of aryl methyl sites for hydroxylation is 1. The van der Waals surface area contributed by atoms with E-state index in [2.05, 4.69) is 10.4 Å². The summed E-state index contributed by atoms with van der Waals surface area (Å²) in [5.41, 5.74) is 4.74. The molecule has 0 radical (unpaired) electrons. The molecule has 0 saturated carbocycles. The van der Waals surface area contributed by atoms with Gasteiger partial charge in [0.1, 0.15) is 11.6 Å². The fraction of sp³-hybridized carbons (Fsp3) is 0.238. The van der Waals surface area contributed by atoms with E-state index < -0.39 is 10.8 Å². The quantitative estimate of drug-likeness (QED) is 0.720. The van der Waals surface area contributed by atoms with Crippen LogP contribution in [-0.4, -0.2) is 26.5 Å². The lowest BCUT2D eigenvalue weighted by Crippen LogP contribution is -2.23. The first-order valence-electron chi connectivity index (χ1n) is 9.03. The summed E-state index contributed by atoms with van der Waals surface area (Å²) in [6.45, 7) is 3.95. The monoisotopic (exact) mass is 395 g/mol. The molecule has 2 heterocycles. The van der Waals surface area contributed by atoms with Gasteiger partial charge in [0.25, 0.3) is 5.91 Å². The van der Waals surface area contributed by atoms with Crippen LogP contribution in [-0.2, 0) is 27.1 Å². The van der Waals surface area contributed by atoms with Gasteiger partial charge in [-0.05, 0) is 43.2 Å². The Hall–Kier alpha value is -2.93. The van der Waals surface area contributed by atoms with Crippen molar-refractivity contribution in [1.29, 1.82) is 0 Å². The first-order chi connectivity index (χ1) is 13.5. The van der Waals surface area contributed by atoms with Gasteiger partial charge < -0.3 is 10.1 Å². The Morgan fingerprint density at radius 1 is 1.14 bits per heavy atom. The molecule has 1 amide bonds. The minimum absolute atomic E-state index is 0.111. The number of carbonyl (C=O) groups is 1. The molecule has 1 aliphatic rings. The highest BCUT2D eigenvalue weighted by Crippen LogP contribution is 2.32. The summed E-state index contributed by atoms with van der Waals surface area (Å²) in [6.07, 6.45) is 0. The highest BCUT2D eigenvalue weighted by atomic mass is 32.2. The van der Waals surface area contributed by atoms with Gasteiger partial charge in [0.2, 0.25) is 0 Å². The van der Waals surface area contributed by atoms with Crippen LogP contribution in [0.3, 0.4) is 0 Å². The zero-order valence-electron chi connectivity index (χ0n) is 15.8. The molecule has 3 aromatic rings. The Kier molecular flexibility index (Phi) is 5.00. The Balaban J connectivity index is 1.63. The largest absolute Gasteiger partial charge is 0.484 e. The van der Waals surface area contributed by atoms with Gasteiger partial charge in [-0.25, -0.2) is 4.68 Å². The van der Waals surface area contributed by atoms with Gasteiger partial charge in [-0.1, -0.05) is 30.3 Å². The third-order valence-electron chi connectivity index (χ3n) is 4.84. The van der Waals surface area contributed by atoms with Gasteiger partial charge in [-0.15, -0.1) is 0 Å². The average molecular weight is 395 g/mol.